The Hall–Kier alpha value is -1.02. The number of hydrogen-bond acceptors (Lipinski definition) is 2. The summed E-state index contributed by atoms with van der Waals surface area (Å²) in [6.07, 6.45) is 0. The largest absolute Gasteiger partial charge is 0.492 e. The summed E-state index contributed by atoms with van der Waals surface area (Å²) in [6, 6.07) is 4.33. The van der Waals surface area contributed by atoms with E-state index < -0.39 is 0 Å². The molecule has 0 amide bonds. The van der Waals surface area contributed by atoms with Gasteiger partial charge in [0.1, 0.15) is 12.4 Å². The highest BCUT2D eigenvalue weighted by molar-refractivity contribution is 5.42. The summed E-state index contributed by atoms with van der Waals surface area (Å²) >= 11 is 0. The number of benzene rings is 1. The normalized spacial score (nSPS) is 11.6. The number of nitrogens with one attached hydrogen (secondary N) is 1. The monoisotopic (exact) mass is 235 g/mol. The second-order valence-electron chi connectivity index (χ2n) is 5.75. The molecule has 1 rings (SSSR count). The van der Waals surface area contributed by atoms with Crippen molar-refractivity contribution in [1.29, 1.82) is 0 Å². The van der Waals surface area contributed by atoms with E-state index >= 15 is 0 Å². The molecule has 0 aromatic heterocycles. The zero-order valence-electron chi connectivity index (χ0n) is 12.0. The number of aryl methyl sites for hydroxylation is 3. The fourth-order valence-corrected chi connectivity index (χ4v) is 1.97. The molecule has 0 heterocycles. The summed E-state index contributed by atoms with van der Waals surface area (Å²) in [7, 11) is 0. The lowest BCUT2D eigenvalue weighted by Gasteiger charge is -2.21. The van der Waals surface area contributed by atoms with Crippen LogP contribution in [0, 0.1) is 20.8 Å². The second kappa shape index (κ2) is 5.54. The number of rotatable bonds is 4. The number of hydrogen-bond donors (Lipinski definition) is 1. The Labute approximate surface area is 105 Å². The van der Waals surface area contributed by atoms with Gasteiger partial charge < -0.3 is 10.1 Å². The van der Waals surface area contributed by atoms with Crippen LogP contribution in [-0.2, 0) is 0 Å². The fraction of sp³-hybridized carbons (Fsp3) is 0.600. The summed E-state index contributed by atoms with van der Waals surface area (Å²) in [5, 5.41) is 3.42. The molecule has 0 aliphatic heterocycles. The molecule has 2 nitrogen and oxygen atoms in total. The van der Waals surface area contributed by atoms with Crippen LogP contribution in [0.25, 0.3) is 0 Å². The Morgan fingerprint density at radius 2 is 1.59 bits per heavy atom. The van der Waals surface area contributed by atoms with Gasteiger partial charge in [-0.2, -0.15) is 0 Å². The summed E-state index contributed by atoms with van der Waals surface area (Å²) in [5.41, 5.74) is 3.89. The molecule has 0 spiro atoms. The average Bonchev–Trinajstić information content (AvgIpc) is 2.13. The Kier molecular flexibility index (Phi) is 4.58. The SMILES string of the molecule is Cc1cc(C)c(OCCNC(C)(C)C)c(C)c1. The van der Waals surface area contributed by atoms with E-state index in [-0.39, 0.29) is 5.54 Å². The summed E-state index contributed by atoms with van der Waals surface area (Å²) in [6.45, 7) is 14.4. The minimum absolute atomic E-state index is 0.153. The van der Waals surface area contributed by atoms with Gasteiger partial charge in [-0.05, 0) is 52.7 Å². The van der Waals surface area contributed by atoms with Crippen molar-refractivity contribution in [3.05, 3.63) is 28.8 Å². The highest BCUT2D eigenvalue weighted by atomic mass is 16.5. The molecule has 96 valence electrons. The van der Waals surface area contributed by atoms with Crippen LogP contribution in [-0.4, -0.2) is 18.7 Å². The molecule has 0 saturated heterocycles. The van der Waals surface area contributed by atoms with Gasteiger partial charge in [0.15, 0.2) is 0 Å². The zero-order chi connectivity index (χ0) is 13.1. The Morgan fingerprint density at radius 3 is 2.06 bits per heavy atom. The van der Waals surface area contributed by atoms with E-state index in [1.807, 2.05) is 0 Å². The molecule has 2 heteroatoms. The standard InChI is InChI=1S/C15H25NO/c1-11-9-12(2)14(13(3)10-11)17-8-7-16-15(4,5)6/h9-10,16H,7-8H2,1-6H3. The zero-order valence-corrected chi connectivity index (χ0v) is 12.0. The van der Waals surface area contributed by atoms with Crippen molar-refractivity contribution in [2.24, 2.45) is 0 Å². The van der Waals surface area contributed by atoms with Crippen LogP contribution in [0.4, 0.5) is 0 Å². The molecule has 1 N–H and O–H groups in total. The summed E-state index contributed by atoms with van der Waals surface area (Å²) in [4.78, 5) is 0. The molecule has 0 bridgehead atoms. The van der Waals surface area contributed by atoms with Gasteiger partial charge in [-0.1, -0.05) is 17.7 Å². The predicted octanol–water partition coefficient (Wildman–Crippen LogP) is 3.38. The molecule has 0 saturated carbocycles. The van der Waals surface area contributed by atoms with Gasteiger partial charge in [0, 0.05) is 12.1 Å². The smallest absolute Gasteiger partial charge is 0.125 e. The third-order valence-corrected chi connectivity index (χ3v) is 2.61. The summed E-state index contributed by atoms with van der Waals surface area (Å²) < 4.78 is 5.86. The molecule has 1 aromatic rings. The molecule has 1 aromatic carbocycles. The lowest BCUT2D eigenvalue weighted by Crippen LogP contribution is -2.38. The van der Waals surface area contributed by atoms with Gasteiger partial charge >= 0.3 is 0 Å². The fourth-order valence-electron chi connectivity index (χ4n) is 1.97. The number of ether oxygens (including phenoxy) is 1. The van der Waals surface area contributed by atoms with Crippen molar-refractivity contribution in [3.8, 4) is 5.75 Å². The molecular formula is C15H25NO. The third-order valence-electron chi connectivity index (χ3n) is 2.61. The van der Waals surface area contributed by atoms with E-state index in [0.717, 1.165) is 12.3 Å². The van der Waals surface area contributed by atoms with Crippen molar-refractivity contribution >= 4 is 0 Å². The lowest BCUT2D eigenvalue weighted by molar-refractivity contribution is 0.288. The Morgan fingerprint density at radius 1 is 1.06 bits per heavy atom. The van der Waals surface area contributed by atoms with Gasteiger partial charge in [0.25, 0.3) is 0 Å². The van der Waals surface area contributed by atoms with Crippen LogP contribution in [0.2, 0.25) is 0 Å². The first-order valence-electron chi connectivity index (χ1n) is 6.25. The van der Waals surface area contributed by atoms with Crippen LogP contribution < -0.4 is 10.1 Å². The van der Waals surface area contributed by atoms with Gasteiger partial charge in [0.05, 0.1) is 0 Å². The first-order valence-corrected chi connectivity index (χ1v) is 6.25. The Bertz CT molecular complexity index is 354. The maximum absolute atomic E-state index is 5.86. The summed E-state index contributed by atoms with van der Waals surface area (Å²) in [5.74, 6) is 1.03. The molecule has 0 aliphatic carbocycles. The van der Waals surface area contributed by atoms with Crippen LogP contribution in [0.15, 0.2) is 12.1 Å². The topological polar surface area (TPSA) is 21.3 Å². The quantitative estimate of drug-likeness (QED) is 0.808. The van der Waals surface area contributed by atoms with Crippen molar-refractivity contribution in [2.45, 2.75) is 47.1 Å². The van der Waals surface area contributed by atoms with Gasteiger partial charge in [-0.15, -0.1) is 0 Å². The van der Waals surface area contributed by atoms with Gasteiger partial charge in [-0.25, -0.2) is 0 Å². The second-order valence-corrected chi connectivity index (χ2v) is 5.75. The molecule has 0 atom stereocenters. The van der Waals surface area contributed by atoms with Crippen molar-refractivity contribution in [1.82, 2.24) is 5.32 Å². The molecule has 0 radical (unpaired) electrons. The molecule has 0 fully saturated rings. The Balaban J connectivity index is 2.53. The van der Waals surface area contributed by atoms with E-state index in [0.29, 0.717) is 6.61 Å². The van der Waals surface area contributed by atoms with Crippen LogP contribution in [0.1, 0.15) is 37.5 Å². The minimum atomic E-state index is 0.153. The van der Waals surface area contributed by atoms with E-state index in [1.54, 1.807) is 0 Å². The van der Waals surface area contributed by atoms with E-state index in [1.165, 1.54) is 16.7 Å². The molecule has 0 aliphatic rings. The maximum atomic E-state index is 5.86. The molecular weight excluding hydrogens is 210 g/mol. The maximum Gasteiger partial charge on any atom is 0.125 e. The van der Waals surface area contributed by atoms with Gasteiger partial charge in [-0.3, -0.25) is 0 Å². The lowest BCUT2D eigenvalue weighted by atomic mass is 10.1. The first kappa shape index (κ1) is 14.0. The van der Waals surface area contributed by atoms with E-state index in [2.05, 4.69) is 59.0 Å². The average molecular weight is 235 g/mol. The van der Waals surface area contributed by atoms with E-state index in [9.17, 15) is 0 Å². The molecule has 0 unspecified atom stereocenters. The first-order chi connectivity index (χ1) is 7.79. The van der Waals surface area contributed by atoms with Crippen LogP contribution >= 0.6 is 0 Å². The minimum Gasteiger partial charge on any atom is -0.492 e. The van der Waals surface area contributed by atoms with Crippen LogP contribution in [0.3, 0.4) is 0 Å². The highest BCUT2D eigenvalue weighted by Crippen LogP contribution is 2.24. The van der Waals surface area contributed by atoms with Crippen LogP contribution in [0.5, 0.6) is 5.75 Å². The van der Waals surface area contributed by atoms with Crippen molar-refractivity contribution in [2.75, 3.05) is 13.2 Å². The van der Waals surface area contributed by atoms with Gasteiger partial charge in [0.2, 0.25) is 0 Å². The van der Waals surface area contributed by atoms with Crippen molar-refractivity contribution in [3.63, 3.8) is 0 Å². The van der Waals surface area contributed by atoms with Crippen molar-refractivity contribution < 1.29 is 4.74 Å². The third kappa shape index (κ3) is 4.78. The van der Waals surface area contributed by atoms with E-state index in [4.69, 9.17) is 4.74 Å². The molecule has 17 heavy (non-hydrogen) atoms. The highest BCUT2D eigenvalue weighted by Gasteiger charge is 2.09. The predicted molar refractivity (Wildman–Crippen MR) is 73.9 cm³/mol.